The van der Waals surface area contributed by atoms with E-state index in [1.165, 1.54) is 6.26 Å². The largest absolute Gasteiger partial charge is 0.454 e. The maximum Gasteiger partial charge on any atom is 0.339 e. The summed E-state index contributed by atoms with van der Waals surface area (Å²) in [6.45, 7) is 5.58. The molecule has 2 atom stereocenters. The number of ether oxygens (including phenoxy) is 1. The molecule has 0 N–H and O–H groups in total. The molecular weight excluding hydrogens is 398 g/mol. The lowest BCUT2D eigenvalue weighted by molar-refractivity contribution is 0.0471. The minimum Gasteiger partial charge on any atom is -0.454 e. The average molecular weight is 424 g/mol. The van der Waals surface area contributed by atoms with Gasteiger partial charge in [-0.3, -0.25) is 9.00 Å². The summed E-state index contributed by atoms with van der Waals surface area (Å²) in [7, 11) is -1.33. The summed E-state index contributed by atoms with van der Waals surface area (Å²) in [6, 6.07) is 18.5. The summed E-state index contributed by atoms with van der Waals surface area (Å²) in [5.41, 5.74) is 3.70. The highest BCUT2D eigenvalue weighted by Gasteiger charge is 2.22. The smallest absolute Gasteiger partial charge is 0.339 e. The van der Waals surface area contributed by atoms with Gasteiger partial charge >= 0.3 is 5.97 Å². The number of benzene rings is 2. The Labute approximate surface area is 179 Å². The van der Waals surface area contributed by atoms with Crippen LogP contribution in [0.2, 0.25) is 0 Å². The number of carbonyl (C=O) groups excluding carboxylic acids is 2. The van der Waals surface area contributed by atoms with Crippen LogP contribution in [0.25, 0.3) is 0 Å². The van der Waals surface area contributed by atoms with Crippen molar-refractivity contribution in [1.82, 2.24) is 4.57 Å². The molecule has 0 aliphatic heterocycles. The number of rotatable bonds is 7. The van der Waals surface area contributed by atoms with Crippen LogP contribution in [0, 0.1) is 13.8 Å². The summed E-state index contributed by atoms with van der Waals surface area (Å²) in [5.74, 6) is -0.918. The van der Waals surface area contributed by atoms with E-state index in [1.54, 1.807) is 24.3 Å². The molecule has 2 aromatic carbocycles. The monoisotopic (exact) mass is 423 g/mol. The van der Waals surface area contributed by atoms with E-state index >= 15 is 0 Å². The van der Waals surface area contributed by atoms with E-state index in [2.05, 4.69) is 23.6 Å². The van der Waals surface area contributed by atoms with Crippen LogP contribution in [0.15, 0.2) is 65.6 Å². The number of hydrogen-bond donors (Lipinski definition) is 0. The van der Waals surface area contributed by atoms with E-state index in [0.29, 0.717) is 10.5 Å². The average Bonchev–Trinajstić information content (AvgIpc) is 3.05. The van der Waals surface area contributed by atoms with Crippen LogP contribution in [0.5, 0.6) is 0 Å². The molecular formula is C24H25NO4S. The molecule has 0 spiro atoms. The molecule has 0 unspecified atom stereocenters. The Balaban J connectivity index is 1.77. The summed E-state index contributed by atoms with van der Waals surface area (Å²) >= 11 is 0. The van der Waals surface area contributed by atoms with E-state index in [-0.39, 0.29) is 24.0 Å². The van der Waals surface area contributed by atoms with Gasteiger partial charge in [0.1, 0.15) is 0 Å². The van der Waals surface area contributed by atoms with Crippen molar-refractivity contribution in [3.63, 3.8) is 0 Å². The molecule has 6 heteroatoms. The highest BCUT2D eigenvalue weighted by molar-refractivity contribution is 7.84. The topological polar surface area (TPSA) is 65.4 Å². The van der Waals surface area contributed by atoms with E-state index in [1.807, 2.05) is 38.1 Å². The predicted octanol–water partition coefficient (Wildman–Crippen LogP) is 4.49. The predicted molar refractivity (Wildman–Crippen MR) is 118 cm³/mol. The van der Waals surface area contributed by atoms with E-state index in [4.69, 9.17) is 4.74 Å². The number of aryl methyl sites for hydroxylation is 1. The Kier molecular flexibility index (Phi) is 6.67. The molecule has 0 amide bonds. The number of carbonyl (C=O) groups is 2. The highest BCUT2D eigenvalue weighted by atomic mass is 32.2. The number of Topliss-reactive ketones (excluding diaryl/α,β-unsaturated/α-hetero) is 1. The summed E-state index contributed by atoms with van der Waals surface area (Å²) < 4.78 is 19.2. The van der Waals surface area contributed by atoms with Crippen molar-refractivity contribution >= 4 is 22.6 Å². The molecule has 156 valence electrons. The maximum absolute atomic E-state index is 12.8. The van der Waals surface area contributed by atoms with Crippen molar-refractivity contribution in [1.29, 1.82) is 0 Å². The standard InChI is InChI=1S/C24H25NO4S/c1-16-14-21(18(3)25(16)17(2)19-10-6-5-7-11-19)22(26)15-29-24(27)20-12-8-9-13-23(20)30(4)28/h5-14,17H,15H2,1-4H3/t17-,30+/m1/s1. The van der Waals surface area contributed by atoms with Crippen molar-refractivity contribution < 1.29 is 18.5 Å². The van der Waals surface area contributed by atoms with Gasteiger partial charge in [-0.1, -0.05) is 42.5 Å². The minimum absolute atomic E-state index is 0.0710. The van der Waals surface area contributed by atoms with Gasteiger partial charge in [-0.15, -0.1) is 0 Å². The molecule has 3 rings (SSSR count). The summed E-state index contributed by atoms with van der Waals surface area (Å²) in [4.78, 5) is 25.6. The van der Waals surface area contributed by atoms with Crippen LogP contribution >= 0.6 is 0 Å². The fourth-order valence-electron chi connectivity index (χ4n) is 3.71. The van der Waals surface area contributed by atoms with E-state index in [9.17, 15) is 13.8 Å². The zero-order chi connectivity index (χ0) is 21.8. The third-order valence-electron chi connectivity index (χ3n) is 5.21. The van der Waals surface area contributed by atoms with Crippen molar-refractivity contribution in [3.8, 4) is 0 Å². The SMILES string of the molecule is Cc1cc(C(=O)COC(=O)c2ccccc2[S@](C)=O)c(C)n1[C@H](C)c1ccccc1. The Bertz CT molecular complexity index is 1100. The van der Waals surface area contributed by atoms with Gasteiger partial charge in [0.25, 0.3) is 0 Å². The molecule has 3 aromatic rings. The van der Waals surface area contributed by atoms with Crippen LogP contribution in [0.4, 0.5) is 0 Å². The van der Waals surface area contributed by atoms with Crippen LogP contribution < -0.4 is 0 Å². The molecule has 0 bridgehead atoms. The summed E-state index contributed by atoms with van der Waals surface area (Å²) in [5, 5.41) is 0. The zero-order valence-corrected chi connectivity index (χ0v) is 18.4. The Morgan fingerprint density at radius 3 is 2.30 bits per heavy atom. The van der Waals surface area contributed by atoms with E-state index in [0.717, 1.165) is 17.0 Å². The van der Waals surface area contributed by atoms with Crippen LogP contribution in [-0.4, -0.2) is 33.4 Å². The molecule has 30 heavy (non-hydrogen) atoms. The number of hydrogen-bond acceptors (Lipinski definition) is 4. The second kappa shape index (κ2) is 9.22. The first kappa shape index (κ1) is 21.7. The lowest BCUT2D eigenvalue weighted by atomic mass is 10.1. The van der Waals surface area contributed by atoms with Gasteiger partial charge in [0.15, 0.2) is 6.61 Å². The first-order chi connectivity index (χ1) is 14.3. The van der Waals surface area contributed by atoms with Gasteiger partial charge in [-0.2, -0.15) is 0 Å². The molecule has 0 radical (unpaired) electrons. The number of ketones is 1. The van der Waals surface area contributed by atoms with Crippen LogP contribution in [0.3, 0.4) is 0 Å². The molecule has 0 aliphatic rings. The quantitative estimate of drug-likeness (QED) is 0.415. The fourth-order valence-corrected chi connectivity index (χ4v) is 4.44. The van der Waals surface area contributed by atoms with Gasteiger partial charge in [0.05, 0.1) is 27.3 Å². The number of esters is 1. The zero-order valence-electron chi connectivity index (χ0n) is 17.5. The second-order valence-corrected chi connectivity index (χ2v) is 8.54. The van der Waals surface area contributed by atoms with E-state index < -0.39 is 16.8 Å². The van der Waals surface area contributed by atoms with Crippen molar-refractivity contribution in [2.45, 2.75) is 31.7 Å². The number of aromatic nitrogens is 1. The van der Waals surface area contributed by atoms with Gasteiger partial charge in [-0.25, -0.2) is 4.79 Å². The maximum atomic E-state index is 12.8. The normalized spacial score (nSPS) is 12.9. The van der Waals surface area contributed by atoms with Gasteiger partial charge in [-0.05, 0) is 44.5 Å². The van der Waals surface area contributed by atoms with Crippen molar-refractivity contribution in [3.05, 3.63) is 88.7 Å². The van der Waals surface area contributed by atoms with Crippen molar-refractivity contribution in [2.75, 3.05) is 12.9 Å². The molecule has 1 heterocycles. The third-order valence-corrected chi connectivity index (χ3v) is 6.18. The molecule has 0 aliphatic carbocycles. The highest BCUT2D eigenvalue weighted by Crippen LogP contribution is 2.26. The number of nitrogens with zero attached hydrogens (tertiary/aromatic N) is 1. The lowest BCUT2D eigenvalue weighted by Gasteiger charge is -2.19. The summed E-state index contributed by atoms with van der Waals surface area (Å²) in [6.07, 6.45) is 1.50. The van der Waals surface area contributed by atoms with Crippen LogP contribution in [0.1, 0.15) is 50.6 Å². The minimum atomic E-state index is -1.33. The van der Waals surface area contributed by atoms with Gasteiger partial charge < -0.3 is 9.30 Å². The van der Waals surface area contributed by atoms with Gasteiger partial charge in [0, 0.05) is 23.2 Å². The first-order valence-corrected chi connectivity index (χ1v) is 11.2. The molecule has 0 saturated carbocycles. The molecule has 0 fully saturated rings. The lowest BCUT2D eigenvalue weighted by Crippen LogP contribution is -2.17. The molecule has 5 nitrogen and oxygen atoms in total. The molecule has 0 saturated heterocycles. The third kappa shape index (κ3) is 4.44. The van der Waals surface area contributed by atoms with Crippen molar-refractivity contribution in [2.24, 2.45) is 0 Å². The van der Waals surface area contributed by atoms with Crippen LogP contribution in [-0.2, 0) is 15.5 Å². The molecule has 1 aromatic heterocycles. The fraction of sp³-hybridized carbons (Fsp3) is 0.250. The Hall–Kier alpha value is -2.99. The second-order valence-electron chi connectivity index (χ2n) is 7.19. The van der Waals surface area contributed by atoms with Gasteiger partial charge in [0.2, 0.25) is 5.78 Å². The first-order valence-electron chi connectivity index (χ1n) is 9.67. The Morgan fingerprint density at radius 2 is 1.63 bits per heavy atom. The Morgan fingerprint density at radius 1 is 1.00 bits per heavy atom.